The van der Waals surface area contributed by atoms with Gasteiger partial charge >= 0.3 is 6.09 Å². The molecule has 8 heteroatoms. The summed E-state index contributed by atoms with van der Waals surface area (Å²) in [6.45, 7) is 1.46. The van der Waals surface area contributed by atoms with E-state index in [1.54, 1.807) is 35.4 Å². The number of aromatic nitrogens is 3. The highest BCUT2D eigenvalue weighted by atomic mass is 16.6. The molecule has 28 heavy (non-hydrogen) atoms. The molecule has 8 nitrogen and oxygen atoms in total. The van der Waals surface area contributed by atoms with Crippen molar-refractivity contribution in [2.24, 2.45) is 0 Å². The van der Waals surface area contributed by atoms with Gasteiger partial charge in [-0.05, 0) is 18.2 Å². The third-order valence-corrected chi connectivity index (χ3v) is 5.41. The molecule has 0 bridgehead atoms. The maximum Gasteiger partial charge on any atom is 0.410 e. The normalized spacial score (nSPS) is 21.7. The maximum absolute atomic E-state index is 13.0. The average Bonchev–Trinajstić information content (AvgIpc) is 3.39. The number of fused-ring (bicyclic) bond motifs is 1. The lowest BCUT2D eigenvalue weighted by Gasteiger charge is -2.21. The monoisotopic (exact) mass is 377 g/mol. The van der Waals surface area contributed by atoms with Gasteiger partial charge in [0.25, 0.3) is 5.91 Å². The van der Waals surface area contributed by atoms with Crippen molar-refractivity contribution in [1.29, 1.82) is 0 Å². The number of rotatable bonds is 2. The molecule has 1 atom stereocenters. The molecule has 4 heterocycles. The Bertz CT molecular complexity index is 1080. The summed E-state index contributed by atoms with van der Waals surface area (Å²) < 4.78 is 7.41. The van der Waals surface area contributed by atoms with Crippen LogP contribution in [0.5, 0.6) is 0 Å². The Morgan fingerprint density at radius 2 is 2.00 bits per heavy atom. The van der Waals surface area contributed by atoms with Gasteiger partial charge in [-0.15, -0.1) is 0 Å². The van der Waals surface area contributed by atoms with E-state index in [2.05, 4.69) is 9.97 Å². The number of hydrogen-bond acceptors (Lipinski definition) is 5. The van der Waals surface area contributed by atoms with Crippen LogP contribution in [-0.2, 0) is 4.74 Å². The Morgan fingerprint density at radius 3 is 2.75 bits per heavy atom. The molecule has 1 unspecified atom stereocenters. The van der Waals surface area contributed by atoms with Crippen LogP contribution in [0.2, 0.25) is 0 Å². The van der Waals surface area contributed by atoms with E-state index >= 15 is 0 Å². The highest BCUT2D eigenvalue weighted by Crippen LogP contribution is 2.32. The average molecular weight is 377 g/mol. The van der Waals surface area contributed by atoms with E-state index in [-0.39, 0.29) is 12.0 Å². The molecule has 2 fully saturated rings. The molecule has 0 saturated carbocycles. The van der Waals surface area contributed by atoms with Crippen molar-refractivity contribution in [3.8, 4) is 5.69 Å². The van der Waals surface area contributed by atoms with E-state index in [1.165, 1.54) is 0 Å². The first kappa shape index (κ1) is 16.7. The molecule has 0 N–H and O–H groups in total. The van der Waals surface area contributed by atoms with Gasteiger partial charge in [-0.3, -0.25) is 9.36 Å². The van der Waals surface area contributed by atoms with E-state index in [1.807, 2.05) is 34.9 Å². The van der Waals surface area contributed by atoms with Gasteiger partial charge < -0.3 is 14.5 Å². The number of pyridine rings is 1. The predicted octanol–water partition coefficient (Wildman–Crippen LogP) is 2.09. The second kappa shape index (κ2) is 6.05. The SMILES string of the molecule is CN1CC2(CCN(C(=O)c3cnc4c(c3)ncn4-c3ccccc3)C2)OC1=O. The number of carbonyl (C=O) groups is 2. The van der Waals surface area contributed by atoms with Gasteiger partial charge in [0.1, 0.15) is 11.8 Å². The summed E-state index contributed by atoms with van der Waals surface area (Å²) in [5, 5.41) is 0. The van der Waals surface area contributed by atoms with E-state index in [0.29, 0.717) is 42.8 Å². The van der Waals surface area contributed by atoms with Crippen molar-refractivity contribution in [3.05, 3.63) is 54.5 Å². The van der Waals surface area contributed by atoms with E-state index < -0.39 is 5.60 Å². The van der Waals surface area contributed by atoms with Crippen LogP contribution in [0.3, 0.4) is 0 Å². The molecule has 2 saturated heterocycles. The second-order valence-electron chi connectivity index (χ2n) is 7.40. The van der Waals surface area contributed by atoms with Crippen molar-refractivity contribution < 1.29 is 14.3 Å². The fourth-order valence-electron chi connectivity index (χ4n) is 4.00. The summed E-state index contributed by atoms with van der Waals surface area (Å²) in [5.41, 5.74) is 2.22. The summed E-state index contributed by atoms with van der Waals surface area (Å²) >= 11 is 0. The minimum absolute atomic E-state index is 0.119. The van der Waals surface area contributed by atoms with E-state index in [9.17, 15) is 9.59 Å². The topological polar surface area (TPSA) is 80.6 Å². The van der Waals surface area contributed by atoms with Crippen LogP contribution < -0.4 is 0 Å². The number of imidazole rings is 1. The minimum Gasteiger partial charge on any atom is -0.439 e. The maximum atomic E-state index is 13.0. The molecule has 1 aromatic carbocycles. The molecule has 5 rings (SSSR count). The molecule has 142 valence electrons. The van der Waals surface area contributed by atoms with E-state index in [0.717, 1.165) is 5.69 Å². The number of carbonyl (C=O) groups excluding carboxylic acids is 2. The van der Waals surface area contributed by atoms with Crippen molar-refractivity contribution in [2.45, 2.75) is 12.0 Å². The number of ether oxygens (including phenoxy) is 1. The number of likely N-dealkylation sites (N-methyl/N-ethyl adjacent to an activating group) is 1. The highest BCUT2D eigenvalue weighted by Gasteiger charge is 2.49. The van der Waals surface area contributed by atoms with Crippen LogP contribution in [0.4, 0.5) is 4.79 Å². The van der Waals surface area contributed by atoms with Crippen LogP contribution in [-0.4, -0.2) is 68.6 Å². The quantitative estimate of drug-likeness (QED) is 0.683. The van der Waals surface area contributed by atoms with Crippen molar-refractivity contribution in [2.75, 3.05) is 26.7 Å². The first-order chi connectivity index (χ1) is 13.5. The molecule has 2 aromatic heterocycles. The number of likely N-dealkylation sites (tertiary alicyclic amines) is 1. The molecule has 2 aliphatic rings. The lowest BCUT2D eigenvalue weighted by atomic mass is 10.0. The first-order valence-corrected chi connectivity index (χ1v) is 9.17. The lowest BCUT2D eigenvalue weighted by Crippen LogP contribution is -2.39. The van der Waals surface area contributed by atoms with Gasteiger partial charge in [0.05, 0.1) is 18.7 Å². The van der Waals surface area contributed by atoms with Gasteiger partial charge in [-0.2, -0.15) is 0 Å². The van der Waals surface area contributed by atoms with Gasteiger partial charge in [0.2, 0.25) is 0 Å². The molecule has 2 aliphatic heterocycles. The standard InChI is InChI=1S/C20H19N5O3/c1-23-11-20(28-19(23)27)7-8-24(12-20)18(26)14-9-16-17(21-10-14)25(13-22-16)15-5-3-2-4-6-15/h2-6,9-10,13H,7-8,11-12H2,1H3. The molecule has 0 radical (unpaired) electrons. The zero-order valence-corrected chi connectivity index (χ0v) is 15.4. The molecule has 2 amide bonds. The zero-order valence-electron chi connectivity index (χ0n) is 15.4. The van der Waals surface area contributed by atoms with Gasteiger partial charge in [-0.25, -0.2) is 14.8 Å². The van der Waals surface area contributed by atoms with E-state index in [4.69, 9.17) is 4.74 Å². The Labute approximate surface area is 161 Å². The molecule has 0 aliphatic carbocycles. The number of amides is 2. The van der Waals surface area contributed by atoms with Gasteiger partial charge in [0, 0.05) is 31.9 Å². The summed E-state index contributed by atoms with van der Waals surface area (Å²) in [6.07, 6.45) is 3.61. The lowest BCUT2D eigenvalue weighted by molar-refractivity contribution is 0.0553. The Morgan fingerprint density at radius 1 is 1.18 bits per heavy atom. The largest absolute Gasteiger partial charge is 0.439 e. The fraction of sp³-hybridized carbons (Fsp3) is 0.300. The van der Waals surface area contributed by atoms with Crippen LogP contribution >= 0.6 is 0 Å². The number of hydrogen-bond donors (Lipinski definition) is 0. The van der Waals surface area contributed by atoms with Crippen LogP contribution in [0.15, 0.2) is 48.9 Å². The summed E-state index contributed by atoms with van der Waals surface area (Å²) in [7, 11) is 1.71. The van der Waals surface area contributed by atoms with Crippen molar-refractivity contribution in [1.82, 2.24) is 24.3 Å². The third kappa shape index (κ3) is 2.60. The van der Waals surface area contributed by atoms with Crippen LogP contribution in [0.25, 0.3) is 16.9 Å². The zero-order chi connectivity index (χ0) is 19.3. The van der Waals surface area contributed by atoms with Gasteiger partial charge in [-0.1, -0.05) is 18.2 Å². The number of benzene rings is 1. The molecule has 3 aromatic rings. The van der Waals surface area contributed by atoms with Gasteiger partial charge in [0.15, 0.2) is 11.2 Å². The highest BCUT2D eigenvalue weighted by molar-refractivity contribution is 5.96. The first-order valence-electron chi connectivity index (χ1n) is 9.17. The smallest absolute Gasteiger partial charge is 0.410 e. The van der Waals surface area contributed by atoms with Crippen molar-refractivity contribution in [3.63, 3.8) is 0 Å². The number of para-hydroxylation sites is 1. The summed E-state index contributed by atoms with van der Waals surface area (Å²) in [5.74, 6) is -0.119. The Hall–Kier alpha value is -3.42. The minimum atomic E-state index is -0.589. The molecular weight excluding hydrogens is 358 g/mol. The summed E-state index contributed by atoms with van der Waals surface area (Å²) in [4.78, 5) is 36.9. The molecular formula is C20H19N5O3. The second-order valence-corrected chi connectivity index (χ2v) is 7.40. The number of nitrogens with zero attached hydrogens (tertiary/aromatic N) is 5. The van der Waals surface area contributed by atoms with Crippen LogP contribution in [0.1, 0.15) is 16.8 Å². The Kier molecular flexibility index (Phi) is 3.61. The Balaban J connectivity index is 1.40. The molecule has 1 spiro atoms. The van der Waals surface area contributed by atoms with Crippen molar-refractivity contribution >= 4 is 23.2 Å². The third-order valence-electron chi connectivity index (χ3n) is 5.41. The predicted molar refractivity (Wildman–Crippen MR) is 101 cm³/mol. The fourth-order valence-corrected chi connectivity index (χ4v) is 4.00. The summed E-state index contributed by atoms with van der Waals surface area (Å²) in [6, 6.07) is 11.6. The van der Waals surface area contributed by atoms with Crippen LogP contribution in [0, 0.1) is 0 Å².